The third-order valence-electron chi connectivity index (χ3n) is 2.76. The molecule has 104 valence electrons. The Hall–Kier alpha value is -0.860. The summed E-state index contributed by atoms with van der Waals surface area (Å²) in [6.07, 6.45) is 10.7. The topological polar surface area (TPSA) is 29.5 Å². The molecule has 0 atom stereocenters. The second-order valence-corrected chi connectivity index (χ2v) is 4.89. The lowest BCUT2D eigenvalue weighted by atomic mass is 10.1. The minimum absolute atomic E-state index is 0.0992. The fourth-order valence-electron chi connectivity index (χ4n) is 1.74. The van der Waals surface area contributed by atoms with Crippen molar-refractivity contribution in [1.29, 1.82) is 0 Å². The zero-order valence-electron chi connectivity index (χ0n) is 12.3. The largest absolute Gasteiger partial charge is 0.392 e. The van der Waals surface area contributed by atoms with Crippen molar-refractivity contribution in [1.82, 2.24) is 0 Å². The molecule has 0 bridgehead atoms. The molecule has 0 spiro atoms. The predicted molar refractivity (Wildman–Crippen MR) is 78.7 cm³/mol. The third kappa shape index (κ3) is 10.3. The van der Waals surface area contributed by atoms with Gasteiger partial charge in [-0.2, -0.15) is 0 Å². The lowest BCUT2D eigenvalue weighted by molar-refractivity contribution is 0.221. The zero-order chi connectivity index (χ0) is 13.8. The van der Waals surface area contributed by atoms with Crippen molar-refractivity contribution in [3.05, 3.63) is 34.9 Å². The smallest absolute Gasteiger partial charge is 0.0673 e. The number of hydrogen-bond donors (Lipinski definition) is 1. The Morgan fingerprint density at radius 3 is 2.22 bits per heavy atom. The van der Waals surface area contributed by atoms with E-state index in [9.17, 15) is 0 Å². The summed E-state index contributed by atoms with van der Waals surface area (Å²) in [6, 6.07) is 0. The quantitative estimate of drug-likeness (QED) is 0.628. The van der Waals surface area contributed by atoms with Crippen LogP contribution in [-0.2, 0) is 4.74 Å². The lowest BCUT2D eigenvalue weighted by Crippen LogP contribution is -1.96. The monoisotopic (exact) mass is 252 g/mol. The molecule has 18 heavy (non-hydrogen) atoms. The minimum Gasteiger partial charge on any atom is -0.392 e. The molecule has 2 nitrogen and oxygen atoms in total. The maximum atomic E-state index is 8.89. The van der Waals surface area contributed by atoms with Crippen LogP contribution in [0.5, 0.6) is 0 Å². The highest BCUT2D eigenvalue weighted by atomic mass is 16.5. The molecule has 0 aromatic carbocycles. The molecule has 0 rings (SSSR count). The van der Waals surface area contributed by atoms with Crippen LogP contribution >= 0.6 is 0 Å². The molecule has 0 fully saturated rings. The Balaban J connectivity index is 3.98. The van der Waals surface area contributed by atoms with Crippen molar-refractivity contribution in [3.63, 3.8) is 0 Å². The van der Waals surface area contributed by atoms with Gasteiger partial charge in [-0.3, -0.25) is 0 Å². The molecule has 0 unspecified atom stereocenters. The minimum atomic E-state index is 0.0992. The Kier molecular flexibility index (Phi) is 10.7. The summed E-state index contributed by atoms with van der Waals surface area (Å²) < 4.78 is 5.10. The van der Waals surface area contributed by atoms with Crippen LogP contribution in [-0.4, -0.2) is 25.4 Å². The van der Waals surface area contributed by atoms with E-state index in [2.05, 4.69) is 32.9 Å². The van der Waals surface area contributed by atoms with Crippen LogP contribution in [0.3, 0.4) is 0 Å². The van der Waals surface area contributed by atoms with Crippen LogP contribution in [0, 0.1) is 0 Å². The number of aliphatic hydroxyl groups excluding tert-OH is 1. The van der Waals surface area contributed by atoms with Gasteiger partial charge in [-0.25, -0.2) is 0 Å². The number of ether oxygens (including phenoxy) is 1. The summed E-state index contributed by atoms with van der Waals surface area (Å²) in [5.41, 5.74) is 4.00. The molecule has 0 saturated heterocycles. The van der Waals surface area contributed by atoms with Gasteiger partial charge in [0.25, 0.3) is 0 Å². The van der Waals surface area contributed by atoms with Crippen molar-refractivity contribution in [2.45, 2.75) is 46.5 Å². The highest BCUT2D eigenvalue weighted by Crippen LogP contribution is 2.11. The van der Waals surface area contributed by atoms with Gasteiger partial charge in [0.2, 0.25) is 0 Å². The molecule has 0 saturated carbocycles. The van der Waals surface area contributed by atoms with E-state index < -0.39 is 0 Å². The van der Waals surface area contributed by atoms with Gasteiger partial charge in [0.15, 0.2) is 0 Å². The summed E-state index contributed by atoms with van der Waals surface area (Å²) in [4.78, 5) is 0. The maximum Gasteiger partial charge on any atom is 0.0673 e. The van der Waals surface area contributed by atoms with E-state index in [1.807, 2.05) is 6.08 Å². The Labute approximate surface area is 112 Å². The van der Waals surface area contributed by atoms with Gasteiger partial charge in [0.05, 0.1) is 13.2 Å². The van der Waals surface area contributed by atoms with E-state index in [0.717, 1.165) is 25.7 Å². The standard InChI is InChI=1S/C16H28O2/c1-14(2)7-5-8-15(3)9-6-10-16(11-12-17)13-18-4/h7,9,11,17H,5-6,8,10,12-13H2,1-4H3/b15-9+,16-11-. The molecule has 1 N–H and O–H groups in total. The first-order chi connectivity index (χ1) is 8.60. The van der Waals surface area contributed by atoms with Gasteiger partial charge in [-0.05, 0) is 52.0 Å². The first-order valence-corrected chi connectivity index (χ1v) is 6.66. The van der Waals surface area contributed by atoms with E-state index in [0.29, 0.717) is 6.61 Å². The molecule has 0 radical (unpaired) electrons. The summed E-state index contributed by atoms with van der Waals surface area (Å²) in [5.74, 6) is 0. The van der Waals surface area contributed by atoms with Crippen molar-refractivity contribution in [2.75, 3.05) is 20.3 Å². The fraction of sp³-hybridized carbons (Fsp3) is 0.625. The zero-order valence-corrected chi connectivity index (χ0v) is 12.3. The number of aliphatic hydroxyl groups is 1. The van der Waals surface area contributed by atoms with E-state index in [4.69, 9.17) is 9.84 Å². The van der Waals surface area contributed by atoms with Crippen LogP contribution in [0.4, 0.5) is 0 Å². The van der Waals surface area contributed by atoms with E-state index >= 15 is 0 Å². The first-order valence-electron chi connectivity index (χ1n) is 6.66. The van der Waals surface area contributed by atoms with Crippen molar-refractivity contribution < 1.29 is 9.84 Å². The van der Waals surface area contributed by atoms with Crippen LogP contribution in [0.15, 0.2) is 34.9 Å². The second kappa shape index (κ2) is 11.2. The molecular weight excluding hydrogens is 224 g/mol. The number of rotatable bonds is 9. The van der Waals surface area contributed by atoms with Crippen molar-refractivity contribution >= 4 is 0 Å². The maximum absolute atomic E-state index is 8.89. The number of methoxy groups -OCH3 is 1. The van der Waals surface area contributed by atoms with Crippen LogP contribution in [0.2, 0.25) is 0 Å². The third-order valence-corrected chi connectivity index (χ3v) is 2.76. The summed E-state index contributed by atoms with van der Waals surface area (Å²) in [5, 5.41) is 8.89. The second-order valence-electron chi connectivity index (χ2n) is 4.89. The van der Waals surface area contributed by atoms with Gasteiger partial charge in [-0.15, -0.1) is 0 Å². The molecule has 0 aromatic rings. The van der Waals surface area contributed by atoms with Gasteiger partial charge in [0, 0.05) is 7.11 Å². The average molecular weight is 252 g/mol. The summed E-state index contributed by atoms with van der Waals surface area (Å²) in [7, 11) is 1.69. The van der Waals surface area contributed by atoms with Gasteiger partial charge < -0.3 is 9.84 Å². The number of allylic oxidation sites excluding steroid dienone is 4. The van der Waals surface area contributed by atoms with Crippen molar-refractivity contribution in [3.8, 4) is 0 Å². The number of hydrogen-bond acceptors (Lipinski definition) is 2. The lowest BCUT2D eigenvalue weighted by Gasteiger charge is -2.05. The molecule has 0 aromatic heterocycles. The highest BCUT2D eigenvalue weighted by Gasteiger charge is 1.96. The molecule has 2 heteroatoms. The predicted octanol–water partition coefficient (Wildman–Crippen LogP) is 4.02. The molecular formula is C16H28O2. The molecule has 0 amide bonds. The molecule has 0 aliphatic carbocycles. The molecule has 0 aliphatic rings. The molecule has 0 heterocycles. The van der Waals surface area contributed by atoms with Crippen LogP contribution < -0.4 is 0 Å². The normalized spacial score (nSPS) is 12.7. The highest BCUT2D eigenvalue weighted by molar-refractivity contribution is 5.07. The van der Waals surface area contributed by atoms with Gasteiger partial charge in [0.1, 0.15) is 0 Å². The van der Waals surface area contributed by atoms with Gasteiger partial charge >= 0.3 is 0 Å². The Morgan fingerprint density at radius 2 is 1.67 bits per heavy atom. The van der Waals surface area contributed by atoms with E-state index in [1.165, 1.54) is 16.7 Å². The van der Waals surface area contributed by atoms with Crippen molar-refractivity contribution in [2.24, 2.45) is 0 Å². The summed E-state index contributed by atoms with van der Waals surface area (Å²) in [6.45, 7) is 7.17. The Bertz CT molecular complexity index is 294. The van der Waals surface area contributed by atoms with Crippen LogP contribution in [0.25, 0.3) is 0 Å². The van der Waals surface area contributed by atoms with E-state index in [-0.39, 0.29) is 6.61 Å². The molecule has 0 aliphatic heterocycles. The SMILES string of the molecule is COC/C(=C\CO)CC/C=C(\C)CCC=C(C)C. The van der Waals surface area contributed by atoms with Gasteiger partial charge in [-0.1, -0.05) is 29.4 Å². The van der Waals surface area contributed by atoms with Crippen LogP contribution in [0.1, 0.15) is 46.5 Å². The Morgan fingerprint density at radius 1 is 1.00 bits per heavy atom. The van der Waals surface area contributed by atoms with E-state index in [1.54, 1.807) is 7.11 Å². The summed E-state index contributed by atoms with van der Waals surface area (Å²) >= 11 is 0. The first kappa shape index (κ1) is 17.1. The fourth-order valence-corrected chi connectivity index (χ4v) is 1.74. The average Bonchev–Trinajstić information content (AvgIpc) is 2.29.